The fourth-order valence-corrected chi connectivity index (χ4v) is 3.70. The second-order valence-corrected chi connectivity index (χ2v) is 6.79. The SMILES string of the molecule is Cc1cccc2[nH]cc(Cc3nn(Cc4nnn[nH]4)c(=O)c4ccccc34)c12. The molecule has 3 aromatic heterocycles. The van der Waals surface area contributed by atoms with Crippen LogP contribution >= 0.6 is 0 Å². The average molecular weight is 371 g/mol. The first-order chi connectivity index (χ1) is 13.7. The smallest absolute Gasteiger partial charge is 0.275 e. The van der Waals surface area contributed by atoms with E-state index in [0.29, 0.717) is 17.6 Å². The van der Waals surface area contributed by atoms with Crippen LogP contribution in [0.1, 0.15) is 22.6 Å². The number of aromatic amines is 2. The molecule has 0 aliphatic rings. The molecule has 8 nitrogen and oxygen atoms in total. The number of fused-ring (bicyclic) bond motifs is 2. The predicted octanol–water partition coefficient (Wildman–Crippen LogP) is 2.34. The molecule has 0 fully saturated rings. The molecule has 0 amide bonds. The van der Waals surface area contributed by atoms with E-state index in [-0.39, 0.29) is 12.1 Å². The van der Waals surface area contributed by atoms with E-state index in [1.807, 2.05) is 36.5 Å². The molecule has 0 aliphatic carbocycles. The van der Waals surface area contributed by atoms with Gasteiger partial charge in [-0.15, -0.1) is 5.10 Å². The maximum absolute atomic E-state index is 12.9. The van der Waals surface area contributed by atoms with Gasteiger partial charge in [-0.3, -0.25) is 4.79 Å². The van der Waals surface area contributed by atoms with Crippen molar-refractivity contribution in [2.45, 2.75) is 19.9 Å². The zero-order valence-corrected chi connectivity index (χ0v) is 15.2. The summed E-state index contributed by atoms with van der Waals surface area (Å²) in [6, 6.07) is 13.8. The Morgan fingerprint density at radius 3 is 2.75 bits per heavy atom. The number of H-pyrrole nitrogens is 2. The first-order valence-electron chi connectivity index (χ1n) is 8.97. The van der Waals surface area contributed by atoms with Gasteiger partial charge in [-0.2, -0.15) is 5.10 Å². The Bertz CT molecular complexity index is 1350. The third kappa shape index (κ3) is 2.66. The van der Waals surface area contributed by atoms with Gasteiger partial charge in [0.05, 0.1) is 11.1 Å². The molecule has 0 saturated heterocycles. The molecule has 0 aliphatic heterocycles. The molecule has 2 N–H and O–H groups in total. The number of hydrogen-bond donors (Lipinski definition) is 2. The summed E-state index contributed by atoms with van der Waals surface area (Å²) in [5.74, 6) is 0.485. The van der Waals surface area contributed by atoms with Gasteiger partial charge in [-0.25, -0.2) is 9.78 Å². The van der Waals surface area contributed by atoms with Gasteiger partial charge in [0.2, 0.25) is 0 Å². The van der Waals surface area contributed by atoms with E-state index in [9.17, 15) is 4.79 Å². The molecule has 0 spiro atoms. The van der Waals surface area contributed by atoms with Crippen LogP contribution in [0.4, 0.5) is 0 Å². The molecule has 0 unspecified atom stereocenters. The third-order valence-electron chi connectivity index (χ3n) is 4.99. The van der Waals surface area contributed by atoms with Crippen LogP contribution in [-0.2, 0) is 13.0 Å². The molecule has 0 radical (unpaired) electrons. The summed E-state index contributed by atoms with van der Waals surface area (Å²) in [5.41, 5.74) is 4.13. The number of aryl methyl sites for hydroxylation is 1. The summed E-state index contributed by atoms with van der Waals surface area (Å²) in [4.78, 5) is 16.2. The predicted molar refractivity (Wildman–Crippen MR) is 105 cm³/mol. The lowest BCUT2D eigenvalue weighted by atomic mass is 10.0. The van der Waals surface area contributed by atoms with Crippen LogP contribution < -0.4 is 5.56 Å². The number of hydrogen-bond acceptors (Lipinski definition) is 5. The van der Waals surface area contributed by atoms with Gasteiger partial charge in [0.15, 0.2) is 5.82 Å². The topological polar surface area (TPSA) is 105 Å². The van der Waals surface area contributed by atoms with Gasteiger partial charge >= 0.3 is 0 Å². The highest BCUT2D eigenvalue weighted by Crippen LogP contribution is 2.25. The van der Waals surface area contributed by atoms with Crippen molar-refractivity contribution in [1.82, 2.24) is 35.4 Å². The Morgan fingerprint density at radius 1 is 1.07 bits per heavy atom. The Hall–Kier alpha value is -3.81. The zero-order valence-electron chi connectivity index (χ0n) is 15.2. The average Bonchev–Trinajstić information content (AvgIpc) is 3.36. The maximum Gasteiger partial charge on any atom is 0.275 e. The normalized spacial score (nSPS) is 11.5. The molecule has 3 heterocycles. The Labute approximate surface area is 159 Å². The van der Waals surface area contributed by atoms with Gasteiger partial charge in [0.1, 0.15) is 6.54 Å². The molecule has 0 atom stereocenters. The lowest BCUT2D eigenvalue weighted by molar-refractivity contribution is 0.610. The van der Waals surface area contributed by atoms with Crippen LogP contribution in [0, 0.1) is 6.92 Å². The Morgan fingerprint density at radius 2 is 1.93 bits per heavy atom. The minimum atomic E-state index is -0.161. The van der Waals surface area contributed by atoms with Gasteiger partial charge < -0.3 is 4.98 Å². The zero-order chi connectivity index (χ0) is 19.1. The highest BCUT2D eigenvalue weighted by molar-refractivity contribution is 5.88. The number of aromatic nitrogens is 7. The van der Waals surface area contributed by atoms with Crippen molar-refractivity contribution in [2.24, 2.45) is 0 Å². The minimum absolute atomic E-state index is 0.161. The van der Waals surface area contributed by atoms with Crippen molar-refractivity contribution in [3.8, 4) is 0 Å². The summed E-state index contributed by atoms with van der Waals surface area (Å²) in [6.07, 6.45) is 2.63. The van der Waals surface area contributed by atoms with Crippen molar-refractivity contribution < 1.29 is 0 Å². The minimum Gasteiger partial charge on any atom is -0.361 e. The number of rotatable bonds is 4. The first kappa shape index (κ1) is 16.4. The summed E-state index contributed by atoms with van der Waals surface area (Å²) >= 11 is 0. The Kier molecular flexibility index (Phi) is 3.75. The molecule has 28 heavy (non-hydrogen) atoms. The molecule has 138 valence electrons. The lowest BCUT2D eigenvalue weighted by Gasteiger charge is -2.10. The summed E-state index contributed by atoms with van der Waals surface area (Å²) in [7, 11) is 0. The van der Waals surface area contributed by atoms with E-state index in [2.05, 4.69) is 49.8 Å². The summed E-state index contributed by atoms with van der Waals surface area (Å²) < 4.78 is 1.42. The lowest BCUT2D eigenvalue weighted by Crippen LogP contribution is -2.25. The van der Waals surface area contributed by atoms with E-state index in [4.69, 9.17) is 0 Å². The quantitative estimate of drug-likeness (QED) is 0.504. The van der Waals surface area contributed by atoms with E-state index >= 15 is 0 Å². The van der Waals surface area contributed by atoms with Crippen LogP contribution in [0.3, 0.4) is 0 Å². The van der Waals surface area contributed by atoms with Crippen LogP contribution in [-0.4, -0.2) is 35.4 Å². The fourth-order valence-electron chi connectivity index (χ4n) is 3.70. The molecule has 8 heteroatoms. The van der Waals surface area contributed by atoms with E-state index < -0.39 is 0 Å². The standard InChI is InChI=1S/C20H17N7O/c1-12-5-4-8-16-19(12)13(10-21-16)9-17-14-6-2-3-7-15(14)20(28)27(24-17)11-18-22-25-26-23-18/h2-8,10,21H,9,11H2,1H3,(H,22,23,25,26). The van der Waals surface area contributed by atoms with Crippen LogP contribution in [0.2, 0.25) is 0 Å². The van der Waals surface area contributed by atoms with Crippen molar-refractivity contribution >= 4 is 21.7 Å². The number of tetrazole rings is 1. The molecule has 2 aromatic carbocycles. The van der Waals surface area contributed by atoms with Crippen molar-refractivity contribution in [3.05, 3.63) is 81.7 Å². The van der Waals surface area contributed by atoms with Crippen molar-refractivity contribution in [2.75, 3.05) is 0 Å². The van der Waals surface area contributed by atoms with Crippen molar-refractivity contribution in [1.29, 1.82) is 0 Å². The van der Waals surface area contributed by atoms with Gasteiger partial charge in [0, 0.05) is 28.9 Å². The van der Waals surface area contributed by atoms with Crippen LogP contribution in [0.15, 0.2) is 53.5 Å². The highest BCUT2D eigenvalue weighted by Gasteiger charge is 2.14. The summed E-state index contributed by atoms with van der Waals surface area (Å²) in [6.45, 7) is 2.29. The highest BCUT2D eigenvalue weighted by atomic mass is 16.1. The van der Waals surface area contributed by atoms with Gasteiger partial charge in [-0.05, 0) is 40.6 Å². The molecular formula is C20H17N7O. The van der Waals surface area contributed by atoms with Crippen molar-refractivity contribution in [3.63, 3.8) is 0 Å². The van der Waals surface area contributed by atoms with E-state index in [1.165, 1.54) is 15.6 Å². The first-order valence-corrected chi connectivity index (χ1v) is 8.97. The number of benzene rings is 2. The molecule has 0 bridgehead atoms. The number of nitrogens with one attached hydrogen (secondary N) is 2. The van der Waals surface area contributed by atoms with Crippen LogP contribution in [0.25, 0.3) is 21.7 Å². The molecular weight excluding hydrogens is 354 g/mol. The third-order valence-corrected chi connectivity index (χ3v) is 4.99. The fraction of sp³-hybridized carbons (Fsp3) is 0.150. The molecule has 0 saturated carbocycles. The summed E-state index contributed by atoms with van der Waals surface area (Å²) in [5, 5.41) is 21.0. The Balaban J connectivity index is 1.67. The van der Waals surface area contributed by atoms with Crippen LogP contribution in [0.5, 0.6) is 0 Å². The largest absolute Gasteiger partial charge is 0.361 e. The monoisotopic (exact) mass is 371 g/mol. The van der Waals surface area contributed by atoms with E-state index in [1.54, 1.807) is 0 Å². The van der Waals surface area contributed by atoms with E-state index in [0.717, 1.165) is 22.2 Å². The molecule has 5 aromatic rings. The maximum atomic E-state index is 12.9. The van der Waals surface area contributed by atoms with Gasteiger partial charge in [0.25, 0.3) is 5.56 Å². The van der Waals surface area contributed by atoms with Gasteiger partial charge in [-0.1, -0.05) is 30.3 Å². The number of nitrogens with zero attached hydrogens (tertiary/aromatic N) is 5. The second-order valence-electron chi connectivity index (χ2n) is 6.79. The molecule has 5 rings (SSSR count). The second kappa shape index (κ2) is 6.41.